The van der Waals surface area contributed by atoms with Gasteiger partial charge in [0.1, 0.15) is 0 Å². The Balaban J connectivity index is 1.48. The van der Waals surface area contributed by atoms with E-state index < -0.39 is 5.60 Å². The Hall–Kier alpha value is -3.03. The van der Waals surface area contributed by atoms with Crippen LogP contribution in [-0.4, -0.2) is 64.0 Å². The van der Waals surface area contributed by atoms with Crippen molar-refractivity contribution in [3.05, 3.63) is 42.7 Å². The molecular formula is C17H19N5O3. The highest BCUT2D eigenvalue weighted by atomic mass is 16.6. The molecule has 3 amide bonds. The van der Waals surface area contributed by atoms with Crippen LogP contribution in [0, 0.1) is 0 Å². The molecule has 0 radical (unpaired) electrons. The van der Waals surface area contributed by atoms with Crippen LogP contribution in [-0.2, 0) is 4.74 Å². The third-order valence-electron chi connectivity index (χ3n) is 4.64. The molecule has 1 unspecified atom stereocenters. The smallest absolute Gasteiger partial charge is 0.410 e. The molecule has 1 spiro atoms. The van der Waals surface area contributed by atoms with Gasteiger partial charge in [0.25, 0.3) is 0 Å². The van der Waals surface area contributed by atoms with Crippen molar-refractivity contribution in [1.29, 1.82) is 0 Å². The number of urea groups is 1. The molecule has 1 atom stereocenters. The van der Waals surface area contributed by atoms with Crippen molar-refractivity contribution in [3.63, 3.8) is 0 Å². The van der Waals surface area contributed by atoms with Crippen molar-refractivity contribution >= 4 is 17.8 Å². The fourth-order valence-corrected chi connectivity index (χ4v) is 3.41. The zero-order valence-electron chi connectivity index (χ0n) is 13.9. The highest BCUT2D eigenvalue weighted by Crippen LogP contribution is 2.32. The number of nitrogens with one attached hydrogen (secondary N) is 1. The quantitative estimate of drug-likeness (QED) is 0.905. The molecule has 3 heterocycles. The van der Waals surface area contributed by atoms with Crippen molar-refractivity contribution < 1.29 is 14.3 Å². The van der Waals surface area contributed by atoms with Crippen molar-refractivity contribution in [1.82, 2.24) is 19.6 Å². The molecule has 0 aliphatic carbocycles. The minimum Gasteiger partial charge on any atom is -0.439 e. The second-order valence-corrected chi connectivity index (χ2v) is 6.48. The normalized spacial score (nSPS) is 22.5. The maximum absolute atomic E-state index is 12.7. The summed E-state index contributed by atoms with van der Waals surface area (Å²) in [6.07, 6.45) is 3.83. The van der Waals surface area contributed by atoms with Gasteiger partial charge in [-0.25, -0.2) is 14.3 Å². The fraction of sp³-hybridized carbons (Fsp3) is 0.353. The van der Waals surface area contributed by atoms with Crippen LogP contribution in [0.2, 0.25) is 0 Å². The number of anilines is 1. The maximum atomic E-state index is 12.7. The average Bonchev–Trinajstić information content (AvgIpc) is 3.30. The fourth-order valence-electron chi connectivity index (χ4n) is 3.41. The van der Waals surface area contributed by atoms with E-state index in [1.54, 1.807) is 27.7 Å². The predicted molar refractivity (Wildman–Crippen MR) is 90.6 cm³/mol. The summed E-state index contributed by atoms with van der Waals surface area (Å²) in [4.78, 5) is 27.6. The number of amides is 3. The van der Waals surface area contributed by atoms with Gasteiger partial charge < -0.3 is 19.9 Å². The van der Waals surface area contributed by atoms with Gasteiger partial charge in [-0.2, -0.15) is 5.10 Å². The number of likely N-dealkylation sites (N-methyl/N-ethyl adjacent to an activating group) is 1. The Kier molecular flexibility index (Phi) is 3.60. The van der Waals surface area contributed by atoms with Gasteiger partial charge in [0.05, 0.1) is 24.5 Å². The summed E-state index contributed by atoms with van der Waals surface area (Å²) < 4.78 is 7.19. The SMILES string of the molecule is CN1CC2(CCN(C(=O)Nc3ccccc3-n3cccn3)C2)OC1=O. The Bertz CT molecular complexity index is 806. The van der Waals surface area contributed by atoms with E-state index in [1.165, 1.54) is 0 Å². The van der Waals surface area contributed by atoms with Gasteiger partial charge in [-0.3, -0.25) is 0 Å². The van der Waals surface area contributed by atoms with Crippen molar-refractivity contribution in [2.24, 2.45) is 0 Å². The van der Waals surface area contributed by atoms with Crippen LogP contribution < -0.4 is 5.32 Å². The van der Waals surface area contributed by atoms with E-state index in [1.807, 2.05) is 36.5 Å². The van der Waals surface area contributed by atoms with Crippen LogP contribution in [0.4, 0.5) is 15.3 Å². The molecule has 25 heavy (non-hydrogen) atoms. The molecule has 1 aromatic heterocycles. The number of hydrogen-bond acceptors (Lipinski definition) is 4. The number of nitrogens with zero attached hydrogens (tertiary/aromatic N) is 4. The van der Waals surface area contributed by atoms with Gasteiger partial charge in [0.15, 0.2) is 5.60 Å². The molecule has 130 valence electrons. The summed E-state index contributed by atoms with van der Waals surface area (Å²) >= 11 is 0. The van der Waals surface area contributed by atoms with Crippen molar-refractivity contribution in [2.45, 2.75) is 12.0 Å². The molecule has 2 aromatic rings. The maximum Gasteiger partial charge on any atom is 0.410 e. The average molecular weight is 341 g/mol. The second kappa shape index (κ2) is 5.80. The first-order chi connectivity index (χ1) is 12.1. The first-order valence-corrected chi connectivity index (χ1v) is 8.15. The molecule has 2 aliphatic rings. The van der Waals surface area contributed by atoms with E-state index in [0.29, 0.717) is 31.7 Å². The van der Waals surface area contributed by atoms with Gasteiger partial charge in [-0.15, -0.1) is 0 Å². The molecule has 2 saturated heterocycles. The summed E-state index contributed by atoms with van der Waals surface area (Å²) in [6.45, 7) is 1.47. The Morgan fingerprint density at radius 2 is 2.12 bits per heavy atom. The number of para-hydroxylation sites is 2. The number of carbonyl (C=O) groups is 2. The van der Waals surface area contributed by atoms with Gasteiger partial charge in [0.2, 0.25) is 0 Å². The van der Waals surface area contributed by atoms with Crippen molar-refractivity contribution in [3.8, 4) is 5.69 Å². The molecule has 0 saturated carbocycles. The molecule has 1 aromatic carbocycles. The molecule has 2 fully saturated rings. The topological polar surface area (TPSA) is 79.7 Å². The number of likely N-dealkylation sites (tertiary alicyclic amines) is 1. The lowest BCUT2D eigenvalue weighted by Crippen LogP contribution is -2.40. The van der Waals surface area contributed by atoms with Crippen LogP contribution in [0.1, 0.15) is 6.42 Å². The molecule has 8 nitrogen and oxygen atoms in total. The lowest BCUT2D eigenvalue weighted by molar-refractivity contribution is 0.0663. The van der Waals surface area contributed by atoms with Gasteiger partial charge in [0, 0.05) is 32.4 Å². The van der Waals surface area contributed by atoms with Crippen molar-refractivity contribution in [2.75, 3.05) is 32.0 Å². The van der Waals surface area contributed by atoms with Crippen LogP contribution in [0.3, 0.4) is 0 Å². The third-order valence-corrected chi connectivity index (χ3v) is 4.64. The molecule has 0 bridgehead atoms. The summed E-state index contributed by atoms with van der Waals surface area (Å²) in [7, 11) is 1.71. The van der Waals surface area contributed by atoms with E-state index in [-0.39, 0.29) is 12.1 Å². The van der Waals surface area contributed by atoms with E-state index in [4.69, 9.17) is 4.74 Å². The number of hydrogen-bond donors (Lipinski definition) is 1. The predicted octanol–water partition coefficient (Wildman–Crippen LogP) is 1.93. The Labute approximate surface area is 145 Å². The van der Waals surface area contributed by atoms with E-state index in [9.17, 15) is 9.59 Å². The first kappa shape index (κ1) is 15.5. The highest BCUT2D eigenvalue weighted by molar-refractivity contribution is 5.92. The molecule has 4 rings (SSSR count). The molecule has 2 aliphatic heterocycles. The minimum atomic E-state index is -0.579. The Morgan fingerprint density at radius 1 is 1.28 bits per heavy atom. The molecular weight excluding hydrogens is 322 g/mol. The third kappa shape index (κ3) is 2.79. The number of benzene rings is 1. The van der Waals surface area contributed by atoms with E-state index >= 15 is 0 Å². The van der Waals surface area contributed by atoms with Gasteiger partial charge >= 0.3 is 12.1 Å². The van der Waals surface area contributed by atoms with E-state index in [2.05, 4.69) is 10.4 Å². The zero-order chi connectivity index (χ0) is 17.4. The number of aromatic nitrogens is 2. The Morgan fingerprint density at radius 3 is 2.84 bits per heavy atom. The summed E-state index contributed by atoms with van der Waals surface area (Å²) in [6, 6.07) is 9.11. The summed E-state index contributed by atoms with van der Waals surface area (Å²) in [5, 5.41) is 7.16. The number of carbonyl (C=O) groups excluding carboxylic acids is 2. The number of ether oxygens (including phenoxy) is 1. The zero-order valence-corrected chi connectivity index (χ0v) is 13.9. The first-order valence-electron chi connectivity index (χ1n) is 8.15. The standard InChI is InChI=1S/C17H19N5O3/c1-20-11-17(25-16(20)24)7-10-21(12-17)15(23)19-13-5-2-3-6-14(13)22-9-4-8-18-22/h2-6,8-9H,7,10-12H2,1H3,(H,19,23). The lowest BCUT2D eigenvalue weighted by atomic mass is 10.0. The second-order valence-electron chi connectivity index (χ2n) is 6.48. The van der Waals surface area contributed by atoms with Crippen LogP contribution in [0.5, 0.6) is 0 Å². The highest BCUT2D eigenvalue weighted by Gasteiger charge is 2.49. The van der Waals surface area contributed by atoms with Crippen LogP contribution in [0.15, 0.2) is 42.7 Å². The van der Waals surface area contributed by atoms with Crippen LogP contribution >= 0.6 is 0 Å². The van der Waals surface area contributed by atoms with Crippen LogP contribution in [0.25, 0.3) is 5.69 Å². The summed E-state index contributed by atoms with van der Waals surface area (Å²) in [5.41, 5.74) is 0.893. The van der Waals surface area contributed by atoms with Gasteiger partial charge in [-0.05, 0) is 18.2 Å². The lowest BCUT2D eigenvalue weighted by Gasteiger charge is -2.22. The van der Waals surface area contributed by atoms with Gasteiger partial charge in [-0.1, -0.05) is 12.1 Å². The minimum absolute atomic E-state index is 0.206. The largest absolute Gasteiger partial charge is 0.439 e. The monoisotopic (exact) mass is 341 g/mol. The van der Waals surface area contributed by atoms with E-state index in [0.717, 1.165) is 5.69 Å². The number of rotatable bonds is 2. The summed E-state index contributed by atoms with van der Waals surface area (Å²) in [5.74, 6) is 0. The molecule has 1 N–H and O–H groups in total. The molecule has 8 heteroatoms.